The first-order valence-corrected chi connectivity index (χ1v) is 13.0. The van der Waals surface area contributed by atoms with Crippen LogP contribution in [0.25, 0.3) is 10.2 Å². The van der Waals surface area contributed by atoms with Crippen LogP contribution >= 0.6 is 11.3 Å². The quantitative estimate of drug-likeness (QED) is 0.595. The molecule has 3 heterocycles. The zero-order valence-corrected chi connectivity index (χ0v) is 19.1. The number of aryl methyl sites for hydroxylation is 1. The zero-order chi connectivity index (χ0) is 21.6. The average Bonchev–Trinajstić information content (AvgIpc) is 3.22. The second-order valence-electron chi connectivity index (χ2n) is 8.29. The molecule has 3 aromatic rings. The van der Waals surface area contributed by atoms with Crippen LogP contribution in [0.1, 0.15) is 42.7 Å². The Bertz CT molecular complexity index is 1220. The minimum atomic E-state index is -3.60. The van der Waals surface area contributed by atoms with E-state index in [2.05, 4.69) is 6.07 Å². The number of sulfonamides is 1. The van der Waals surface area contributed by atoms with Crippen molar-refractivity contribution in [3.05, 3.63) is 53.0 Å². The summed E-state index contributed by atoms with van der Waals surface area (Å²) >= 11 is 1.66. The fraction of sp³-hybridized carbons (Fsp3) is 0.391. The zero-order valence-electron chi connectivity index (χ0n) is 17.5. The molecule has 0 N–H and O–H groups in total. The smallest absolute Gasteiger partial charge is 0.243 e. The van der Waals surface area contributed by atoms with Crippen molar-refractivity contribution in [2.24, 2.45) is 0 Å². The van der Waals surface area contributed by atoms with Crippen LogP contribution in [0.2, 0.25) is 0 Å². The second-order valence-corrected chi connectivity index (χ2v) is 11.3. The lowest BCUT2D eigenvalue weighted by atomic mass is 10.0. The van der Waals surface area contributed by atoms with Gasteiger partial charge in [0.1, 0.15) is 0 Å². The van der Waals surface area contributed by atoms with Crippen molar-refractivity contribution in [3.63, 3.8) is 0 Å². The number of anilines is 1. The topological polar surface area (TPSA) is 70.6 Å². The number of rotatable bonds is 3. The Morgan fingerprint density at radius 2 is 1.97 bits per heavy atom. The number of thiazole rings is 1. The molecule has 162 valence electrons. The number of aromatic nitrogens is 1. The van der Waals surface area contributed by atoms with Gasteiger partial charge in [0, 0.05) is 38.2 Å². The lowest BCUT2D eigenvalue weighted by molar-refractivity contribution is -0.116. The molecule has 0 radical (unpaired) electrons. The molecule has 1 atom stereocenters. The monoisotopic (exact) mass is 455 g/mol. The summed E-state index contributed by atoms with van der Waals surface area (Å²) in [7, 11) is -3.60. The number of benzene rings is 2. The molecule has 1 aromatic heterocycles. The van der Waals surface area contributed by atoms with Crippen molar-refractivity contribution in [2.75, 3.05) is 24.5 Å². The Balaban J connectivity index is 1.42. The lowest BCUT2D eigenvalue weighted by Crippen LogP contribution is -2.39. The van der Waals surface area contributed by atoms with Crippen LogP contribution in [0.15, 0.2) is 47.4 Å². The van der Waals surface area contributed by atoms with Gasteiger partial charge in [0.25, 0.3) is 0 Å². The van der Waals surface area contributed by atoms with Crippen LogP contribution in [0.5, 0.6) is 0 Å². The van der Waals surface area contributed by atoms with Crippen molar-refractivity contribution in [3.8, 4) is 0 Å². The van der Waals surface area contributed by atoms with E-state index in [4.69, 9.17) is 4.98 Å². The van der Waals surface area contributed by atoms with Gasteiger partial charge in [-0.05, 0) is 61.6 Å². The highest BCUT2D eigenvalue weighted by molar-refractivity contribution is 7.89. The number of fused-ring (bicyclic) bond motifs is 2. The molecule has 0 bridgehead atoms. The molecule has 2 aliphatic heterocycles. The normalized spacial score (nSPS) is 20.0. The number of para-hydroxylation sites is 1. The summed E-state index contributed by atoms with van der Waals surface area (Å²) in [6.07, 6.45) is 3.41. The minimum absolute atomic E-state index is 0.00809. The Hall–Kier alpha value is -2.29. The average molecular weight is 456 g/mol. The summed E-state index contributed by atoms with van der Waals surface area (Å²) in [6.45, 7) is 3.22. The summed E-state index contributed by atoms with van der Waals surface area (Å²) in [5.74, 6) is 0.109. The van der Waals surface area contributed by atoms with Gasteiger partial charge in [-0.25, -0.2) is 13.4 Å². The van der Waals surface area contributed by atoms with Crippen molar-refractivity contribution in [2.45, 2.75) is 43.4 Å². The molecule has 0 aliphatic carbocycles. The highest BCUT2D eigenvalue weighted by atomic mass is 32.2. The molecule has 2 aliphatic rings. The maximum atomic E-state index is 13.5. The summed E-state index contributed by atoms with van der Waals surface area (Å²) in [5, 5.41) is 1.02. The molecule has 8 heteroatoms. The molecule has 2 aromatic carbocycles. The first-order valence-electron chi connectivity index (χ1n) is 10.7. The fourth-order valence-corrected chi connectivity index (χ4v) is 7.31. The summed E-state index contributed by atoms with van der Waals surface area (Å²) in [6, 6.07) is 13.3. The molecule has 0 spiro atoms. The van der Waals surface area contributed by atoms with E-state index in [0.717, 1.165) is 52.2 Å². The van der Waals surface area contributed by atoms with E-state index >= 15 is 0 Å². The van der Waals surface area contributed by atoms with Crippen LogP contribution in [-0.4, -0.2) is 43.2 Å². The Kier molecular flexibility index (Phi) is 5.32. The van der Waals surface area contributed by atoms with Gasteiger partial charge in [-0.15, -0.1) is 11.3 Å². The summed E-state index contributed by atoms with van der Waals surface area (Å²) in [4.78, 5) is 18.7. The van der Waals surface area contributed by atoms with E-state index in [1.807, 2.05) is 18.2 Å². The maximum absolute atomic E-state index is 13.5. The van der Waals surface area contributed by atoms with Crippen molar-refractivity contribution in [1.82, 2.24) is 9.29 Å². The van der Waals surface area contributed by atoms with Gasteiger partial charge in [0.05, 0.1) is 20.1 Å². The Morgan fingerprint density at radius 3 is 2.77 bits per heavy atom. The lowest BCUT2D eigenvalue weighted by Gasteiger charge is -2.32. The molecule has 6 nitrogen and oxygen atoms in total. The molecular weight excluding hydrogens is 430 g/mol. The van der Waals surface area contributed by atoms with E-state index in [9.17, 15) is 13.2 Å². The molecule has 0 saturated carbocycles. The van der Waals surface area contributed by atoms with Crippen LogP contribution in [0.3, 0.4) is 0 Å². The van der Waals surface area contributed by atoms with Crippen LogP contribution in [-0.2, 0) is 21.2 Å². The number of carbonyl (C=O) groups excluding carboxylic acids is 1. The van der Waals surface area contributed by atoms with E-state index in [0.29, 0.717) is 24.5 Å². The van der Waals surface area contributed by atoms with Gasteiger partial charge < -0.3 is 4.90 Å². The van der Waals surface area contributed by atoms with E-state index < -0.39 is 10.0 Å². The molecule has 1 saturated heterocycles. The molecule has 1 amide bonds. The minimum Gasteiger partial charge on any atom is -0.312 e. The SMILES string of the molecule is CC(=O)N1CCCc2cc(S(=O)(=O)N3CCCC(c4nc5ccccc5s4)C3)ccc21. The van der Waals surface area contributed by atoms with Gasteiger partial charge in [-0.2, -0.15) is 4.31 Å². The predicted octanol–water partition coefficient (Wildman–Crippen LogP) is 4.16. The molecule has 5 rings (SSSR count). The number of amides is 1. The fourth-order valence-electron chi connectivity index (χ4n) is 4.64. The van der Waals surface area contributed by atoms with Crippen molar-refractivity contribution < 1.29 is 13.2 Å². The molecule has 1 unspecified atom stereocenters. The van der Waals surface area contributed by atoms with Crippen LogP contribution in [0.4, 0.5) is 5.69 Å². The number of nitrogens with zero attached hydrogens (tertiary/aromatic N) is 3. The second kappa shape index (κ2) is 8.00. The first kappa shape index (κ1) is 20.6. The van der Waals surface area contributed by atoms with E-state index in [1.54, 1.807) is 45.7 Å². The summed E-state index contributed by atoms with van der Waals surface area (Å²) < 4.78 is 29.7. The Labute approximate surface area is 186 Å². The van der Waals surface area contributed by atoms with E-state index in [-0.39, 0.29) is 11.8 Å². The van der Waals surface area contributed by atoms with Gasteiger partial charge >= 0.3 is 0 Å². The maximum Gasteiger partial charge on any atom is 0.243 e. The van der Waals surface area contributed by atoms with Crippen molar-refractivity contribution in [1.29, 1.82) is 0 Å². The van der Waals surface area contributed by atoms with Crippen molar-refractivity contribution >= 4 is 43.2 Å². The van der Waals surface area contributed by atoms with Crippen LogP contribution in [0, 0.1) is 0 Å². The number of hydrogen-bond donors (Lipinski definition) is 0. The first-order chi connectivity index (χ1) is 14.9. The number of carbonyl (C=O) groups is 1. The highest BCUT2D eigenvalue weighted by Crippen LogP contribution is 2.36. The summed E-state index contributed by atoms with van der Waals surface area (Å²) in [5.41, 5.74) is 2.75. The van der Waals surface area contributed by atoms with E-state index in [1.165, 1.54) is 0 Å². The third-order valence-corrected chi connectivity index (χ3v) is 9.29. The standard InChI is InChI=1S/C23H25N3O3S2/c1-16(27)26-13-5-6-17-14-19(10-11-21(17)26)31(28,29)25-12-4-7-18(15-25)23-24-20-8-2-3-9-22(20)30-23/h2-3,8-11,14,18H,4-7,12-13,15H2,1H3. The number of piperidine rings is 1. The van der Waals surface area contributed by atoms with Gasteiger partial charge in [-0.1, -0.05) is 12.1 Å². The Morgan fingerprint density at radius 1 is 1.13 bits per heavy atom. The molecular formula is C23H25N3O3S2. The predicted molar refractivity (Wildman–Crippen MR) is 123 cm³/mol. The largest absolute Gasteiger partial charge is 0.312 e. The van der Waals surface area contributed by atoms with Crippen LogP contribution < -0.4 is 4.90 Å². The molecule has 1 fully saturated rings. The van der Waals surface area contributed by atoms with Gasteiger partial charge in [0.15, 0.2) is 0 Å². The molecule has 31 heavy (non-hydrogen) atoms. The third-order valence-electron chi connectivity index (χ3n) is 6.23. The van der Waals surface area contributed by atoms with Gasteiger partial charge in [-0.3, -0.25) is 4.79 Å². The number of hydrogen-bond acceptors (Lipinski definition) is 5. The van der Waals surface area contributed by atoms with Gasteiger partial charge in [0.2, 0.25) is 15.9 Å². The highest BCUT2D eigenvalue weighted by Gasteiger charge is 2.33. The third kappa shape index (κ3) is 3.77.